The van der Waals surface area contributed by atoms with E-state index in [9.17, 15) is 4.79 Å². The van der Waals surface area contributed by atoms with Gasteiger partial charge in [0.25, 0.3) is 0 Å². The molecule has 1 fully saturated rings. The van der Waals surface area contributed by atoms with E-state index in [4.69, 9.17) is 0 Å². The van der Waals surface area contributed by atoms with Gasteiger partial charge >= 0.3 is 0 Å². The fraction of sp³-hybridized carbons (Fsp3) is 0.500. The maximum absolute atomic E-state index is 12.2. The Balaban J connectivity index is 2.23. The predicted octanol–water partition coefficient (Wildman–Crippen LogP) is 3.98. The van der Waals surface area contributed by atoms with Gasteiger partial charge in [-0.15, -0.1) is 23.1 Å². The van der Waals surface area contributed by atoms with Crippen molar-refractivity contribution in [2.24, 2.45) is 0 Å². The van der Waals surface area contributed by atoms with Crippen LogP contribution in [-0.2, 0) is 0 Å². The van der Waals surface area contributed by atoms with E-state index in [2.05, 4.69) is 22.9 Å². The summed E-state index contributed by atoms with van der Waals surface area (Å²) in [5, 5.41) is 0. The van der Waals surface area contributed by atoms with E-state index in [0.29, 0.717) is 5.78 Å². The molecule has 0 radical (unpaired) electrons. The molecule has 4 heteroatoms. The minimum Gasteiger partial charge on any atom is -0.292 e. The van der Waals surface area contributed by atoms with Gasteiger partial charge in [-0.2, -0.15) is 0 Å². The smallest absolute Gasteiger partial charge is 0.188 e. The van der Waals surface area contributed by atoms with Gasteiger partial charge in [-0.05, 0) is 53.6 Å². The van der Waals surface area contributed by atoms with Gasteiger partial charge in [-0.1, -0.05) is 0 Å². The minimum atomic E-state index is -0.162. The van der Waals surface area contributed by atoms with E-state index < -0.39 is 0 Å². The summed E-state index contributed by atoms with van der Waals surface area (Å²) in [6.45, 7) is 2.07. The maximum atomic E-state index is 12.2. The van der Waals surface area contributed by atoms with Crippen LogP contribution in [0.4, 0.5) is 0 Å². The highest BCUT2D eigenvalue weighted by molar-refractivity contribution is 9.11. The highest BCUT2D eigenvalue weighted by atomic mass is 79.9. The molecule has 2 heterocycles. The number of rotatable bonds is 2. The van der Waals surface area contributed by atoms with E-state index in [-0.39, 0.29) is 4.75 Å². The van der Waals surface area contributed by atoms with E-state index in [1.54, 1.807) is 11.8 Å². The van der Waals surface area contributed by atoms with Crippen LogP contribution in [0.5, 0.6) is 0 Å². The summed E-state index contributed by atoms with van der Waals surface area (Å²) in [6, 6.07) is 3.86. The van der Waals surface area contributed by atoms with Crippen molar-refractivity contribution in [2.45, 2.75) is 24.5 Å². The monoisotopic (exact) mass is 290 g/mol. The van der Waals surface area contributed by atoms with Crippen LogP contribution < -0.4 is 0 Å². The zero-order valence-electron chi connectivity index (χ0n) is 7.88. The SMILES string of the molecule is CC1(C(=O)c2ccc(Br)s2)CCCS1. The van der Waals surface area contributed by atoms with E-state index in [1.807, 2.05) is 12.1 Å². The Labute approximate surface area is 100 Å². The molecule has 1 atom stereocenters. The Bertz CT molecular complexity index is 353. The summed E-state index contributed by atoms with van der Waals surface area (Å²) in [5.74, 6) is 1.42. The lowest BCUT2D eigenvalue weighted by Crippen LogP contribution is -2.27. The predicted molar refractivity (Wildman–Crippen MR) is 66.4 cm³/mol. The first kappa shape index (κ1) is 10.7. The lowest BCUT2D eigenvalue weighted by molar-refractivity contribution is 0.0953. The molecule has 1 unspecified atom stereocenters. The second kappa shape index (κ2) is 3.99. The van der Waals surface area contributed by atoms with Gasteiger partial charge < -0.3 is 0 Å². The van der Waals surface area contributed by atoms with E-state index in [0.717, 1.165) is 20.8 Å². The molecule has 0 bridgehead atoms. The van der Waals surface area contributed by atoms with Crippen molar-refractivity contribution in [3.63, 3.8) is 0 Å². The number of halogens is 1. The number of thiophene rings is 1. The highest BCUT2D eigenvalue weighted by Crippen LogP contribution is 2.41. The molecule has 0 saturated carbocycles. The molecule has 1 aromatic rings. The molecule has 76 valence electrons. The van der Waals surface area contributed by atoms with Crippen molar-refractivity contribution in [1.82, 2.24) is 0 Å². The summed E-state index contributed by atoms with van der Waals surface area (Å²) in [7, 11) is 0. The molecule has 1 aliphatic rings. The summed E-state index contributed by atoms with van der Waals surface area (Å²) in [4.78, 5) is 13.0. The molecular weight excluding hydrogens is 280 g/mol. The van der Waals surface area contributed by atoms with Crippen molar-refractivity contribution in [1.29, 1.82) is 0 Å². The Morgan fingerprint density at radius 3 is 2.86 bits per heavy atom. The molecule has 0 aliphatic carbocycles. The Morgan fingerprint density at radius 2 is 2.36 bits per heavy atom. The summed E-state index contributed by atoms with van der Waals surface area (Å²) >= 11 is 6.72. The van der Waals surface area contributed by atoms with Gasteiger partial charge in [-0.3, -0.25) is 4.79 Å². The third-order valence-corrected chi connectivity index (χ3v) is 5.64. The van der Waals surface area contributed by atoms with Crippen LogP contribution in [-0.4, -0.2) is 16.3 Å². The van der Waals surface area contributed by atoms with Gasteiger partial charge in [0.1, 0.15) is 0 Å². The largest absolute Gasteiger partial charge is 0.292 e. The number of carbonyl (C=O) groups is 1. The van der Waals surface area contributed by atoms with Gasteiger partial charge in [-0.25, -0.2) is 0 Å². The number of ketones is 1. The van der Waals surface area contributed by atoms with Gasteiger partial charge in [0.2, 0.25) is 0 Å². The lowest BCUT2D eigenvalue weighted by atomic mass is 9.99. The standard InChI is InChI=1S/C10H11BrOS2/c1-10(5-2-6-13-10)9(12)7-3-4-8(11)14-7/h3-4H,2,5-6H2,1H3. The molecule has 1 aliphatic heterocycles. The first-order valence-electron chi connectivity index (χ1n) is 4.56. The maximum Gasteiger partial charge on any atom is 0.188 e. The van der Waals surface area contributed by atoms with Crippen LogP contribution in [0.25, 0.3) is 0 Å². The van der Waals surface area contributed by atoms with Crippen LogP contribution in [0.1, 0.15) is 29.4 Å². The second-order valence-corrected chi connectivity index (χ2v) is 7.68. The average Bonchev–Trinajstić information content (AvgIpc) is 2.74. The Hall–Kier alpha value is 0.200. The summed E-state index contributed by atoms with van der Waals surface area (Å²) in [6.07, 6.45) is 2.19. The molecule has 0 spiro atoms. The molecule has 14 heavy (non-hydrogen) atoms. The minimum absolute atomic E-state index is 0.162. The molecule has 0 amide bonds. The zero-order valence-corrected chi connectivity index (χ0v) is 11.1. The third-order valence-electron chi connectivity index (χ3n) is 2.50. The third kappa shape index (κ3) is 1.92. The van der Waals surface area contributed by atoms with Crippen LogP contribution in [0.15, 0.2) is 15.9 Å². The van der Waals surface area contributed by atoms with Crippen LogP contribution in [0.2, 0.25) is 0 Å². The molecular formula is C10H11BrOS2. The van der Waals surface area contributed by atoms with Crippen LogP contribution >= 0.6 is 39.0 Å². The Kier molecular flexibility index (Phi) is 3.05. The average molecular weight is 291 g/mol. The fourth-order valence-corrected chi connectivity index (χ4v) is 4.44. The first-order chi connectivity index (χ1) is 6.62. The van der Waals surface area contributed by atoms with Crippen molar-refractivity contribution < 1.29 is 4.79 Å². The highest BCUT2D eigenvalue weighted by Gasteiger charge is 2.38. The zero-order chi connectivity index (χ0) is 10.2. The summed E-state index contributed by atoms with van der Waals surface area (Å²) < 4.78 is 0.872. The first-order valence-corrected chi connectivity index (χ1v) is 7.15. The number of Topliss-reactive ketones (excluding diaryl/α,β-unsaturated/α-hetero) is 1. The molecule has 2 rings (SSSR count). The van der Waals surface area contributed by atoms with Gasteiger partial charge in [0.15, 0.2) is 5.78 Å². The normalized spacial score (nSPS) is 26.7. The molecule has 0 aromatic carbocycles. The van der Waals surface area contributed by atoms with E-state index >= 15 is 0 Å². The number of hydrogen-bond donors (Lipinski definition) is 0. The topological polar surface area (TPSA) is 17.1 Å². The van der Waals surface area contributed by atoms with Gasteiger partial charge in [0, 0.05) is 0 Å². The number of hydrogen-bond acceptors (Lipinski definition) is 3. The fourth-order valence-electron chi connectivity index (χ4n) is 1.66. The quantitative estimate of drug-likeness (QED) is 0.767. The number of carbonyl (C=O) groups excluding carboxylic acids is 1. The van der Waals surface area contributed by atoms with Crippen LogP contribution in [0, 0.1) is 0 Å². The number of thioether (sulfide) groups is 1. The van der Waals surface area contributed by atoms with Crippen molar-refractivity contribution in [3.05, 3.63) is 20.8 Å². The van der Waals surface area contributed by atoms with Crippen LogP contribution in [0.3, 0.4) is 0 Å². The molecule has 1 nitrogen and oxygen atoms in total. The summed E-state index contributed by atoms with van der Waals surface area (Å²) in [5.41, 5.74) is 0. The Morgan fingerprint density at radius 1 is 1.57 bits per heavy atom. The van der Waals surface area contributed by atoms with Crippen molar-refractivity contribution in [2.75, 3.05) is 5.75 Å². The molecule has 0 N–H and O–H groups in total. The van der Waals surface area contributed by atoms with Crippen molar-refractivity contribution >= 4 is 44.8 Å². The van der Waals surface area contributed by atoms with E-state index in [1.165, 1.54) is 17.8 Å². The van der Waals surface area contributed by atoms with Gasteiger partial charge in [0.05, 0.1) is 13.4 Å². The lowest BCUT2D eigenvalue weighted by Gasteiger charge is -2.19. The van der Waals surface area contributed by atoms with Crippen molar-refractivity contribution in [3.8, 4) is 0 Å². The second-order valence-electron chi connectivity index (χ2n) is 3.62. The molecule has 1 saturated heterocycles. The molecule has 1 aromatic heterocycles.